The SMILES string of the molecule is CN1C2=NCCCN2c2ccccc21. The molecule has 0 aromatic heterocycles. The fraction of sp³-hybridized carbons (Fsp3) is 0.364. The highest BCUT2D eigenvalue weighted by atomic mass is 15.4. The molecule has 2 aliphatic rings. The van der Waals surface area contributed by atoms with E-state index in [0.29, 0.717) is 0 Å². The summed E-state index contributed by atoms with van der Waals surface area (Å²) < 4.78 is 0. The number of benzene rings is 1. The Labute approximate surface area is 83.7 Å². The standard InChI is InChI=1S/C11H13N3/c1-13-9-5-2-3-6-10(9)14-8-4-7-12-11(13)14/h2-3,5-6H,4,7-8H2,1H3. The maximum absolute atomic E-state index is 4.56. The Balaban J connectivity index is 2.17. The Hall–Kier alpha value is -1.51. The summed E-state index contributed by atoms with van der Waals surface area (Å²) in [6, 6.07) is 8.48. The molecule has 0 atom stereocenters. The van der Waals surface area contributed by atoms with E-state index >= 15 is 0 Å². The predicted molar refractivity (Wildman–Crippen MR) is 59.1 cm³/mol. The zero-order valence-electron chi connectivity index (χ0n) is 8.27. The van der Waals surface area contributed by atoms with Gasteiger partial charge in [-0.05, 0) is 18.6 Å². The van der Waals surface area contributed by atoms with E-state index < -0.39 is 0 Å². The van der Waals surface area contributed by atoms with Crippen LogP contribution in [0.5, 0.6) is 0 Å². The van der Waals surface area contributed by atoms with Crippen molar-refractivity contribution in [3.8, 4) is 0 Å². The van der Waals surface area contributed by atoms with Gasteiger partial charge in [0.15, 0.2) is 0 Å². The zero-order chi connectivity index (χ0) is 9.54. The molecule has 0 saturated carbocycles. The molecule has 0 unspecified atom stereocenters. The van der Waals surface area contributed by atoms with Gasteiger partial charge in [0.2, 0.25) is 5.96 Å². The molecule has 72 valence electrons. The lowest BCUT2D eigenvalue weighted by molar-refractivity contribution is 0.790. The van der Waals surface area contributed by atoms with Crippen LogP contribution < -0.4 is 9.80 Å². The Morgan fingerprint density at radius 1 is 1.21 bits per heavy atom. The molecule has 3 nitrogen and oxygen atoms in total. The van der Waals surface area contributed by atoms with Crippen LogP contribution in [0.1, 0.15) is 6.42 Å². The van der Waals surface area contributed by atoms with Gasteiger partial charge < -0.3 is 9.80 Å². The number of rotatable bonds is 0. The van der Waals surface area contributed by atoms with Gasteiger partial charge in [-0.1, -0.05) is 12.1 Å². The first-order chi connectivity index (χ1) is 6.88. The van der Waals surface area contributed by atoms with Gasteiger partial charge in [-0.2, -0.15) is 0 Å². The van der Waals surface area contributed by atoms with Gasteiger partial charge in [-0.15, -0.1) is 0 Å². The molecule has 14 heavy (non-hydrogen) atoms. The van der Waals surface area contributed by atoms with Gasteiger partial charge in [-0.25, -0.2) is 0 Å². The second-order valence-corrected chi connectivity index (χ2v) is 3.73. The monoisotopic (exact) mass is 187 g/mol. The van der Waals surface area contributed by atoms with Crippen molar-refractivity contribution in [2.45, 2.75) is 6.42 Å². The molecular formula is C11H13N3. The molecule has 2 aliphatic heterocycles. The minimum absolute atomic E-state index is 0.962. The summed E-state index contributed by atoms with van der Waals surface area (Å²) in [5.41, 5.74) is 2.57. The number of aliphatic imine (C=N–C) groups is 1. The first-order valence-corrected chi connectivity index (χ1v) is 5.03. The summed E-state index contributed by atoms with van der Waals surface area (Å²) in [6.45, 7) is 2.06. The number of fused-ring (bicyclic) bond motifs is 3. The van der Waals surface area contributed by atoms with Crippen molar-refractivity contribution >= 4 is 17.3 Å². The van der Waals surface area contributed by atoms with Crippen LogP contribution in [0.2, 0.25) is 0 Å². The number of para-hydroxylation sites is 2. The van der Waals surface area contributed by atoms with Crippen molar-refractivity contribution < 1.29 is 0 Å². The fourth-order valence-electron chi connectivity index (χ4n) is 2.19. The summed E-state index contributed by atoms with van der Waals surface area (Å²) in [5.74, 6) is 1.11. The smallest absolute Gasteiger partial charge is 0.205 e. The third kappa shape index (κ3) is 0.895. The second kappa shape index (κ2) is 2.74. The highest BCUT2D eigenvalue weighted by molar-refractivity contribution is 6.16. The maximum Gasteiger partial charge on any atom is 0.205 e. The molecule has 0 aliphatic carbocycles. The van der Waals surface area contributed by atoms with Crippen LogP contribution in [-0.4, -0.2) is 26.1 Å². The number of guanidine groups is 1. The van der Waals surface area contributed by atoms with Crippen LogP contribution in [0.3, 0.4) is 0 Å². The molecule has 0 spiro atoms. The van der Waals surface area contributed by atoms with Crippen molar-refractivity contribution in [1.29, 1.82) is 0 Å². The molecular weight excluding hydrogens is 174 g/mol. The van der Waals surface area contributed by atoms with Crippen LogP contribution in [0, 0.1) is 0 Å². The Morgan fingerprint density at radius 2 is 2.00 bits per heavy atom. The molecule has 0 fully saturated rings. The molecule has 0 amide bonds. The summed E-state index contributed by atoms with van der Waals surface area (Å²) in [4.78, 5) is 9.04. The molecule has 1 aromatic carbocycles. The molecule has 0 saturated heterocycles. The second-order valence-electron chi connectivity index (χ2n) is 3.73. The number of anilines is 2. The van der Waals surface area contributed by atoms with Gasteiger partial charge in [0.05, 0.1) is 11.4 Å². The molecule has 1 aromatic rings. The summed E-state index contributed by atoms with van der Waals surface area (Å²) >= 11 is 0. The molecule has 0 radical (unpaired) electrons. The summed E-state index contributed by atoms with van der Waals surface area (Å²) in [7, 11) is 2.09. The first kappa shape index (κ1) is 7.85. The highest BCUT2D eigenvalue weighted by Crippen LogP contribution is 2.36. The van der Waals surface area contributed by atoms with Gasteiger partial charge in [-0.3, -0.25) is 4.99 Å². The molecule has 2 heterocycles. The number of nitrogens with zero attached hydrogens (tertiary/aromatic N) is 3. The quantitative estimate of drug-likeness (QED) is 0.615. The molecule has 3 heteroatoms. The molecule has 3 rings (SSSR count). The lowest BCUT2D eigenvalue weighted by Crippen LogP contribution is -2.39. The lowest BCUT2D eigenvalue weighted by atomic mass is 10.2. The first-order valence-electron chi connectivity index (χ1n) is 5.03. The molecule has 0 N–H and O–H groups in total. The highest BCUT2D eigenvalue weighted by Gasteiger charge is 2.30. The predicted octanol–water partition coefficient (Wildman–Crippen LogP) is 1.70. The van der Waals surface area contributed by atoms with Crippen LogP contribution in [0.25, 0.3) is 0 Å². The third-order valence-corrected chi connectivity index (χ3v) is 2.87. The minimum atomic E-state index is 0.962. The van der Waals surface area contributed by atoms with Crippen molar-refractivity contribution in [2.24, 2.45) is 4.99 Å². The van der Waals surface area contributed by atoms with Gasteiger partial charge in [0.1, 0.15) is 0 Å². The van der Waals surface area contributed by atoms with E-state index in [0.717, 1.165) is 25.5 Å². The normalized spacial score (nSPS) is 19.1. The van der Waals surface area contributed by atoms with E-state index in [1.54, 1.807) is 0 Å². The van der Waals surface area contributed by atoms with E-state index in [2.05, 4.69) is 46.1 Å². The van der Waals surface area contributed by atoms with Crippen molar-refractivity contribution in [1.82, 2.24) is 0 Å². The minimum Gasteiger partial charge on any atom is -0.313 e. The average Bonchev–Trinajstić information content (AvgIpc) is 2.55. The third-order valence-electron chi connectivity index (χ3n) is 2.87. The van der Waals surface area contributed by atoms with Gasteiger partial charge in [0, 0.05) is 20.1 Å². The maximum atomic E-state index is 4.56. The summed E-state index contributed by atoms with van der Waals surface area (Å²) in [5, 5.41) is 0. The lowest BCUT2D eigenvalue weighted by Gasteiger charge is -2.24. The van der Waals surface area contributed by atoms with Crippen molar-refractivity contribution in [3.05, 3.63) is 24.3 Å². The Morgan fingerprint density at radius 3 is 2.86 bits per heavy atom. The van der Waals surface area contributed by atoms with E-state index in [1.165, 1.54) is 11.4 Å². The van der Waals surface area contributed by atoms with Crippen LogP contribution in [0.15, 0.2) is 29.3 Å². The zero-order valence-corrected chi connectivity index (χ0v) is 8.27. The Bertz CT molecular complexity index is 397. The van der Waals surface area contributed by atoms with Crippen LogP contribution in [0.4, 0.5) is 11.4 Å². The average molecular weight is 187 g/mol. The largest absolute Gasteiger partial charge is 0.313 e. The van der Waals surface area contributed by atoms with Gasteiger partial charge >= 0.3 is 0 Å². The summed E-state index contributed by atoms with van der Waals surface area (Å²) in [6.07, 6.45) is 1.16. The van der Waals surface area contributed by atoms with E-state index in [4.69, 9.17) is 0 Å². The molecule has 0 bridgehead atoms. The van der Waals surface area contributed by atoms with E-state index in [1.807, 2.05) is 0 Å². The van der Waals surface area contributed by atoms with Crippen LogP contribution in [-0.2, 0) is 0 Å². The fourth-order valence-corrected chi connectivity index (χ4v) is 2.19. The van der Waals surface area contributed by atoms with E-state index in [9.17, 15) is 0 Å². The Kier molecular flexibility index (Phi) is 1.54. The van der Waals surface area contributed by atoms with Crippen molar-refractivity contribution in [2.75, 3.05) is 29.9 Å². The van der Waals surface area contributed by atoms with Gasteiger partial charge in [0.25, 0.3) is 0 Å². The van der Waals surface area contributed by atoms with Crippen LogP contribution >= 0.6 is 0 Å². The van der Waals surface area contributed by atoms with Crippen molar-refractivity contribution in [3.63, 3.8) is 0 Å². The van der Waals surface area contributed by atoms with E-state index in [-0.39, 0.29) is 0 Å². The number of hydrogen-bond acceptors (Lipinski definition) is 3. The number of hydrogen-bond donors (Lipinski definition) is 0. The topological polar surface area (TPSA) is 18.8 Å².